The maximum Gasteiger partial charge on any atom is 0.277 e. The lowest BCUT2D eigenvalue weighted by Crippen LogP contribution is -2.35. The fourth-order valence-corrected chi connectivity index (χ4v) is 6.03. The van der Waals surface area contributed by atoms with Crippen molar-refractivity contribution >= 4 is 34.7 Å². The maximum atomic E-state index is 13.0. The molecular weight excluding hydrogens is 402 g/mol. The number of thioether (sulfide) groups is 1. The lowest BCUT2D eigenvalue weighted by molar-refractivity contribution is -0.117. The van der Waals surface area contributed by atoms with Gasteiger partial charge in [-0.15, -0.1) is 21.5 Å². The first-order chi connectivity index (χ1) is 14.1. The quantitative estimate of drug-likeness (QED) is 0.551. The Morgan fingerprint density at radius 3 is 3.03 bits per heavy atom. The lowest BCUT2D eigenvalue weighted by Gasteiger charge is -2.20. The largest absolute Gasteiger partial charge is 0.410 e. The highest BCUT2D eigenvalue weighted by molar-refractivity contribution is 8.00. The Labute approximate surface area is 178 Å². The van der Waals surface area contributed by atoms with E-state index in [4.69, 9.17) is 4.42 Å². The van der Waals surface area contributed by atoms with Crippen molar-refractivity contribution in [3.63, 3.8) is 0 Å². The molecule has 0 saturated heterocycles. The highest BCUT2D eigenvalue weighted by atomic mass is 32.2. The van der Waals surface area contributed by atoms with Gasteiger partial charge in [0.05, 0.1) is 10.1 Å². The van der Waals surface area contributed by atoms with Crippen LogP contribution in [0.5, 0.6) is 0 Å². The molecule has 0 saturated carbocycles. The van der Waals surface area contributed by atoms with Crippen LogP contribution in [0, 0.1) is 5.92 Å². The number of aromatic nitrogens is 2. The number of benzene rings is 1. The molecule has 3 aromatic rings. The van der Waals surface area contributed by atoms with Gasteiger partial charge < -0.3 is 9.32 Å². The first-order valence-corrected chi connectivity index (χ1v) is 11.8. The van der Waals surface area contributed by atoms with E-state index in [9.17, 15) is 4.79 Å². The number of amides is 1. The Bertz CT molecular complexity index is 1060. The minimum atomic E-state index is -0.285. The topological polar surface area (TPSA) is 59.2 Å². The highest BCUT2D eigenvalue weighted by Gasteiger charge is 2.29. The second-order valence-corrected chi connectivity index (χ2v) is 10.3. The van der Waals surface area contributed by atoms with Crippen LogP contribution in [0.4, 0.5) is 5.69 Å². The van der Waals surface area contributed by atoms with E-state index in [-0.39, 0.29) is 11.2 Å². The van der Waals surface area contributed by atoms with Gasteiger partial charge in [0.15, 0.2) is 0 Å². The number of carbonyl (C=O) groups is 1. The molecule has 0 radical (unpaired) electrons. The maximum absolute atomic E-state index is 13.0. The van der Waals surface area contributed by atoms with Crippen molar-refractivity contribution in [3.05, 3.63) is 46.3 Å². The van der Waals surface area contributed by atoms with Gasteiger partial charge >= 0.3 is 0 Å². The molecule has 2 aromatic heterocycles. The van der Waals surface area contributed by atoms with Crippen LogP contribution in [0.1, 0.15) is 36.3 Å². The number of hydrogen-bond donors (Lipinski definition) is 0. The van der Waals surface area contributed by atoms with Crippen LogP contribution in [-0.4, -0.2) is 27.9 Å². The average Bonchev–Trinajstić information content (AvgIpc) is 3.44. The molecule has 0 fully saturated rings. The third-order valence-electron chi connectivity index (χ3n) is 5.73. The summed E-state index contributed by atoms with van der Waals surface area (Å²) in [5, 5.41) is 8.60. The molecule has 3 heterocycles. The number of rotatable bonds is 4. The first-order valence-electron chi connectivity index (χ1n) is 10.1. The number of fused-ring (bicyclic) bond motifs is 2. The molecule has 0 unspecified atom stereocenters. The fraction of sp³-hybridized carbons (Fsp3) is 0.409. The summed E-state index contributed by atoms with van der Waals surface area (Å²) in [5.41, 5.74) is 3.68. The molecule has 1 amide bonds. The monoisotopic (exact) mass is 425 g/mol. The minimum Gasteiger partial charge on any atom is -0.410 e. The Morgan fingerprint density at radius 2 is 2.14 bits per heavy atom. The van der Waals surface area contributed by atoms with Crippen molar-refractivity contribution in [1.82, 2.24) is 10.2 Å². The molecule has 7 heteroatoms. The van der Waals surface area contributed by atoms with Gasteiger partial charge in [0.25, 0.3) is 11.1 Å². The van der Waals surface area contributed by atoms with E-state index in [2.05, 4.69) is 29.3 Å². The standard InChI is InChI=1S/C22H23N3O2S2/c1-13-7-8-18-16(11-13)12-19(29-18)20-23-24-22(27-20)28-14(2)21(26)25-10-9-15-5-3-4-6-17(15)25/h3-6,12-14H,7-11H2,1-2H3/t13-,14+/m1/s1. The summed E-state index contributed by atoms with van der Waals surface area (Å²) in [5.74, 6) is 1.38. The van der Waals surface area contributed by atoms with E-state index in [1.165, 1.54) is 34.2 Å². The van der Waals surface area contributed by atoms with Gasteiger partial charge in [0, 0.05) is 17.1 Å². The van der Waals surface area contributed by atoms with Gasteiger partial charge in [-0.1, -0.05) is 36.9 Å². The molecule has 150 valence electrons. The number of para-hydroxylation sites is 1. The predicted molar refractivity (Wildman–Crippen MR) is 117 cm³/mol. The van der Waals surface area contributed by atoms with E-state index in [1.807, 2.05) is 30.0 Å². The Balaban J connectivity index is 1.29. The molecule has 0 bridgehead atoms. The van der Waals surface area contributed by atoms with Crippen LogP contribution in [0.25, 0.3) is 10.8 Å². The molecule has 1 aliphatic carbocycles. The molecule has 1 aliphatic heterocycles. The van der Waals surface area contributed by atoms with E-state index < -0.39 is 0 Å². The van der Waals surface area contributed by atoms with Gasteiger partial charge in [0.2, 0.25) is 5.91 Å². The zero-order valence-electron chi connectivity index (χ0n) is 16.6. The molecule has 29 heavy (non-hydrogen) atoms. The van der Waals surface area contributed by atoms with Crippen molar-refractivity contribution in [2.24, 2.45) is 5.92 Å². The number of thiophene rings is 1. The molecule has 0 spiro atoms. The molecule has 0 N–H and O–H groups in total. The number of carbonyl (C=O) groups excluding carboxylic acids is 1. The predicted octanol–water partition coefficient (Wildman–Crippen LogP) is 4.99. The van der Waals surface area contributed by atoms with Crippen LogP contribution < -0.4 is 4.90 Å². The van der Waals surface area contributed by atoms with Crippen LogP contribution in [0.3, 0.4) is 0 Å². The summed E-state index contributed by atoms with van der Waals surface area (Å²) >= 11 is 3.10. The molecule has 5 rings (SSSR count). The van der Waals surface area contributed by atoms with E-state index in [1.54, 1.807) is 11.3 Å². The average molecular weight is 426 g/mol. The zero-order chi connectivity index (χ0) is 20.0. The number of anilines is 1. The van der Waals surface area contributed by atoms with Crippen molar-refractivity contribution in [2.75, 3.05) is 11.4 Å². The van der Waals surface area contributed by atoms with Gasteiger partial charge in [-0.25, -0.2) is 0 Å². The SMILES string of the molecule is C[C@@H]1CCc2sc(-c3nnc(S[C@@H](C)C(=O)N4CCc5ccccc54)o3)cc2C1. The summed E-state index contributed by atoms with van der Waals surface area (Å²) in [6.45, 7) is 4.94. The summed E-state index contributed by atoms with van der Waals surface area (Å²) in [4.78, 5) is 17.3. The van der Waals surface area contributed by atoms with Gasteiger partial charge in [0.1, 0.15) is 0 Å². The summed E-state index contributed by atoms with van der Waals surface area (Å²) in [6.07, 6.45) is 4.42. The van der Waals surface area contributed by atoms with Crippen LogP contribution >= 0.6 is 23.1 Å². The third kappa shape index (κ3) is 3.62. The smallest absolute Gasteiger partial charge is 0.277 e. The Kier molecular flexibility index (Phi) is 4.95. The van der Waals surface area contributed by atoms with E-state index >= 15 is 0 Å². The third-order valence-corrected chi connectivity index (χ3v) is 7.87. The molecule has 1 aromatic carbocycles. The highest BCUT2D eigenvalue weighted by Crippen LogP contribution is 2.38. The number of aryl methyl sites for hydroxylation is 1. The fourth-order valence-electron chi connectivity index (χ4n) is 4.16. The number of nitrogens with zero attached hydrogens (tertiary/aromatic N) is 3. The van der Waals surface area contributed by atoms with Gasteiger partial charge in [-0.2, -0.15) is 0 Å². The van der Waals surface area contributed by atoms with Crippen LogP contribution in [-0.2, 0) is 24.1 Å². The summed E-state index contributed by atoms with van der Waals surface area (Å²) in [6, 6.07) is 10.3. The first kappa shape index (κ1) is 18.9. The second-order valence-electron chi connectivity index (χ2n) is 7.91. The summed E-state index contributed by atoms with van der Waals surface area (Å²) in [7, 11) is 0. The molecule has 2 atom stereocenters. The molecule has 5 nitrogen and oxygen atoms in total. The van der Waals surface area contributed by atoms with Crippen molar-refractivity contribution in [1.29, 1.82) is 0 Å². The van der Waals surface area contributed by atoms with E-state index in [0.717, 1.165) is 42.3 Å². The zero-order valence-corrected chi connectivity index (χ0v) is 18.2. The van der Waals surface area contributed by atoms with Crippen molar-refractivity contribution < 1.29 is 9.21 Å². The summed E-state index contributed by atoms with van der Waals surface area (Å²) < 4.78 is 5.91. The number of hydrogen-bond acceptors (Lipinski definition) is 6. The van der Waals surface area contributed by atoms with Crippen molar-refractivity contribution in [3.8, 4) is 10.8 Å². The lowest BCUT2D eigenvalue weighted by atomic mass is 9.90. The Hall–Kier alpha value is -2.12. The van der Waals surface area contributed by atoms with Gasteiger partial charge in [-0.05, 0) is 61.8 Å². The molecule has 2 aliphatic rings. The normalized spacial score (nSPS) is 19.1. The van der Waals surface area contributed by atoms with Gasteiger partial charge in [-0.3, -0.25) is 4.79 Å². The molecular formula is C22H23N3O2S2. The Morgan fingerprint density at radius 1 is 1.28 bits per heavy atom. The minimum absolute atomic E-state index is 0.0836. The second kappa shape index (κ2) is 7.61. The van der Waals surface area contributed by atoms with E-state index in [0.29, 0.717) is 11.1 Å². The van der Waals surface area contributed by atoms with Crippen LogP contribution in [0.2, 0.25) is 0 Å². The van der Waals surface area contributed by atoms with Crippen LogP contribution in [0.15, 0.2) is 40.0 Å². The van der Waals surface area contributed by atoms with Crippen molar-refractivity contribution in [2.45, 2.75) is 50.0 Å².